The molecule has 0 spiro atoms. The molecule has 3 aromatic carbocycles. The van der Waals surface area contributed by atoms with Crippen molar-refractivity contribution < 1.29 is 32.3 Å². The van der Waals surface area contributed by atoms with Crippen LogP contribution in [-0.4, -0.2) is 57.9 Å². The van der Waals surface area contributed by atoms with Crippen LogP contribution >= 0.6 is 11.6 Å². The molecule has 1 aliphatic rings. The van der Waals surface area contributed by atoms with E-state index in [0.29, 0.717) is 39.4 Å². The molecule has 0 radical (unpaired) electrons. The molecule has 1 unspecified atom stereocenters. The molecular weight excluding hydrogens is 552 g/mol. The van der Waals surface area contributed by atoms with Crippen molar-refractivity contribution in [1.82, 2.24) is 4.98 Å². The van der Waals surface area contributed by atoms with E-state index >= 15 is 0 Å². The molecule has 4 N–H and O–H groups in total. The maximum atomic E-state index is 14.2. The standard InChI is InChI=1S/C25H23ClN4O8S/c1-36-19-7-12-6-17(29-21(12)23(38-3)22(19)37-2)24(31)25(10-26)11-28-16-9-18(30(32)33)14-5-4-13(39(27,34)35)8-15(14)20(16)25/h4-9,28-29H,10-11H2,1-3H3,(H2,27,34,35). The van der Waals surface area contributed by atoms with Gasteiger partial charge in [0, 0.05) is 35.1 Å². The number of H-pyrrole nitrogens is 1. The Morgan fingerprint density at radius 2 is 1.82 bits per heavy atom. The number of aromatic nitrogens is 1. The third-order valence-corrected chi connectivity index (χ3v) is 8.37. The number of hydrogen-bond donors (Lipinski definition) is 3. The number of rotatable bonds is 8. The van der Waals surface area contributed by atoms with Crippen LogP contribution in [0.4, 0.5) is 11.4 Å². The third kappa shape index (κ3) is 3.92. The lowest BCUT2D eigenvalue weighted by Gasteiger charge is -2.26. The van der Waals surface area contributed by atoms with Crippen LogP contribution in [0.25, 0.3) is 21.7 Å². The van der Waals surface area contributed by atoms with Gasteiger partial charge < -0.3 is 24.5 Å². The predicted octanol–water partition coefficient (Wildman–Crippen LogP) is 3.69. The van der Waals surface area contributed by atoms with Crippen LogP contribution in [0.3, 0.4) is 0 Å². The Morgan fingerprint density at radius 1 is 1.10 bits per heavy atom. The summed E-state index contributed by atoms with van der Waals surface area (Å²) in [5.41, 5.74) is -0.364. The summed E-state index contributed by atoms with van der Waals surface area (Å²) in [4.78, 5) is 28.4. The minimum Gasteiger partial charge on any atom is -0.493 e. The van der Waals surface area contributed by atoms with E-state index in [2.05, 4.69) is 10.3 Å². The van der Waals surface area contributed by atoms with Crippen molar-refractivity contribution in [3.63, 3.8) is 0 Å². The summed E-state index contributed by atoms with van der Waals surface area (Å²) in [5.74, 6) is 0.429. The quantitative estimate of drug-likeness (QED) is 0.123. The van der Waals surface area contributed by atoms with E-state index in [1.165, 1.54) is 45.6 Å². The van der Waals surface area contributed by atoms with Crippen LogP contribution in [0, 0.1) is 10.1 Å². The van der Waals surface area contributed by atoms with Gasteiger partial charge in [-0.3, -0.25) is 14.9 Å². The fraction of sp³-hybridized carbons (Fsp3) is 0.240. The largest absolute Gasteiger partial charge is 0.493 e. The molecule has 0 fully saturated rings. The van der Waals surface area contributed by atoms with Crippen molar-refractivity contribution in [2.45, 2.75) is 10.3 Å². The van der Waals surface area contributed by atoms with Crippen LogP contribution in [-0.2, 0) is 15.4 Å². The average molecular weight is 575 g/mol. The zero-order chi connectivity index (χ0) is 28.3. The number of Topliss-reactive ketones (excluding diaryl/α,β-unsaturated/α-hetero) is 1. The fourth-order valence-corrected chi connectivity index (χ4v) is 6.08. The number of methoxy groups -OCH3 is 3. The first kappa shape index (κ1) is 26.5. The van der Waals surface area contributed by atoms with Crippen LogP contribution in [0.5, 0.6) is 17.2 Å². The van der Waals surface area contributed by atoms with Gasteiger partial charge in [0.15, 0.2) is 17.3 Å². The van der Waals surface area contributed by atoms with E-state index in [1.807, 2.05) is 0 Å². The number of hydrogen-bond acceptors (Lipinski definition) is 9. The molecule has 14 heteroatoms. The monoisotopic (exact) mass is 574 g/mol. The van der Waals surface area contributed by atoms with E-state index in [9.17, 15) is 23.3 Å². The number of nitro benzene ring substituents is 1. The Labute approximate surface area is 227 Å². The highest BCUT2D eigenvalue weighted by Crippen LogP contribution is 2.49. The first-order valence-corrected chi connectivity index (χ1v) is 13.5. The number of ether oxygens (including phenoxy) is 3. The zero-order valence-corrected chi connectivity index (χ0v) is 22.5. The normalized spacial score (nSPS) is 16.6. The molecular formula is C25H23ClN4O8S. The highest BCUT2D eigenvalue weighted by Gasteiger charge is 2.48. The van der Waals surface area contributed by atoms with Crippen molar-refractivity contribution in [1.29, 1.82) is 0 Å². The molecule has 12 nitrogen and oxygen atoms in total. The summed E-state index contributed by atoms with van der Waals surface area (Å²) in [6, 6.07) is 8.37. The van der Waals surface area contributed by atoms with Crippen LogP contribution in [0.1, 0.15) is 16.1 Å². The van der Waals surface area contributed by atoms with Crippen molar-refractivity contribution in [3.05, 3.63) is 57.8 Å². The Balaban J connectivity index is 1.78. The maximum absolute atomic E-state index is 14.2. The van der Waals surface area contributed by atoms with Crippen LogP contribution in [0.2, 0.25) is 0 Å². The first-order chi connectivity index (χ1) is 18.5. The highest BCUT2D eigenvalue weighted by atomic mass is 35.5. The summed E-state index contributed by atoms with van der Waals surface area (Å²) < 4.78 is 40.7. The number of primary sulfonamides is 1. The van der Waals surface area contributed by atoms with E-state index in [0.717, 1.165) is 0 Å². The summed E-state index contributed by atoms with van der Waals surface area (Å²) >= 11 is 6.51. The molecule has 0 saturated carbocycles. The SMILES string of the molecule is COc1cc2cc(C(=O)C3(CCl)CNc4cc([N+](=O)[O-])c5ccc(S(N)(=O)=O)cc5c43)[nH]c2c(OC)c1OC. The molecule has 5 rings (SSSR count). The van der Waals surface area contributed by atoms with Gasteiger partial charge in [0.2, 0.25) is 15.8 Å². The number of non-ortho nitro benzene ring substituents is 1. The topological polar surface area (TPSA) is 176 Å². The molecule has 2 heterocycles. The number of carbonyl (C=O) groups excluding carboxylic acids is 1. The number of benzene rings is 3. The van der Waals surface area contributed by atoms with E-state index < -0.39 is 26.1 Å². The van der Waals surface area contributed by atoms with Gasteiger partial charge in [-0.25, -0.2) is 13.6 Å². The Hall–Kier alpha value is -4.07. The number of halogens is 1. The lowest BCUT2D eigenvalue weighted by Crippen LogP contribution is -2.40. The van der Waals surface area contributed by atoms with Crippen molar-refractivity contribution >= 4 is 60.5 Å². The van der Waals surface area contributed by atoms with Crippen molar-refractivity contribution in [3.8, 4) is 17.2 Å². The number of nitrogens with two attached hydrogens (primary N) is 1. The van der Waals surface area contributed by atoms with Crippen molar-refractivity contribution in [2.75, 3.05) is 39.1 Å². The highest BCUT2D eigenvalue weighted by molar-refractivity contribution is 7.89. The van der Waals surface area contributed by atoms with Gasteiger partial charge in [0.05, 0.1) is 53.2 Å². The molecule has 0 saturated heterocycles. The number of sulfonamides is 1. The predicted molar refractivity (Wildman–Crippen MR) is 145 cm³/mol. The fourth-order valence-electron chi connectivity index (χ4n) is 5.20. The van der Waals surface area contributed by atoms with Crippen LogP contribution < -0.4 is 24.7 Å². The Morgan fingerprint density at radius 3 is 2.41 bits per heavy atom. The second-order valence-corrected chi connectivity index (χ2v) is 10.8. The number of nitrogens with zero attached hydrogens (tertiary/aromatic N) is 1. The number of fused-ring (bicyclic) bond motifs is 4. The number of nitro groups is 1. The number of aromatic amines is 1. The van der Waals surface area contributed by atoms with Gasteiger partial charge in [-0.05, 0) is 35.7 Å². The van der Waals surface area contributed by atoms with Gasteiger partial charge in [-0.2, -0.15) is 0 Å². The van der Waals surface area contributed by atoms with Crippen molar-refractivity contribution in [2.24, 2.45) is 5.14 Å². The molecule has 0 amide bonds. The van der Waals surface area contributed by atoms with Gasteiger partial charge in [-0.1, -0.05) is 0 Å². The third-order valence-electron chi connectivity index (χ3n) is 7.00. The number of ketones is 1. The van der Waals surface area contributed by atoms with Gasteiger partial charge in [-0.15, -0.1) is 11.6 Å². The minimum absolute atomic E-state index is 0.0136. The molecule has 1 aromatic heterocycles. The lowest BCUT2D eigenvalue weighted by molar-refractivity contribution is -0.383. The number of alkyl halides is 1. The second kappa shape index (κ2) is 9.29. The molecule has 1 aliphatic heterocycles. The summed E-state index contributed by atoms with van der Waals surface area (Å²) in [7, 11) is 0.246. The first-order valence-electron chi connectivity index (χ1n) is 11.5. The molecule has 39 heavy (non-hydrogen) atoms. The van der Waals surface area contributed by atoms with E-state index in [1.54, 1.807) is 12.1 Å². The maximum Gasteiger partial charge on any atom is 0.279 e. The molecule has 0 bridgehead atoms. The van der Waals surface area contributed by atoms with Gasteiger partial charge >= 0.3 is 0 Å². The lowest BCUT2D eigenvalue weighted by atomic mass is 9.76. The molecule has 4 aromatic rings. The molecule has 204 valence electrons. The zero-order valence-electron chi connectivity index (χ0n) is 21.0. The number of anilines is 1. The summed E-state index contributed by atoms with van der Waals surface area (Å²) in [6.45, 7) is 0.0136. The Bertz CT molecular complexity index is 1800. The molecule has 1 atom stereocenters. The summed E-state index contributed by atoms with van der Waals surface area (Å²) in [6.07, 6.45) is 0. The number of nitrogens with one attached hydrogen (secondary N) is 2. The summed E-state index contributed by atoms with van der Waals surface area (Å²) in [5, 5.41) is 21.2. The van der Waals surface area contributed by atoms with E-state index in [-0.39, 0.29) is 39.5 Å². The van der Waals surface area contributed by atoms with Crippen LogP contribution in [0.15, 0.2) is 41.3 Å². The Kier molecular flexibility index (Phi) is 6.32. The minimum atomic E-state index is -4.15. The van der Waals surface area contributed by atoms with E-state index in [4.69, 9.17) is 31.0 Å². The second-order valence-electron chi connectivity index (χ2n) is 9.02. The molecule has 0 aliphatic carbocycles. The smallest absolute Gasteiger partial charge is 0.279 e. The average Bonchev–Trinajstić information content (AvgIpc) is 3.52. The number of carbonyl (C=O) groups is 1. The van der Waals surface area contributed by atoms with Gasteiger partial charge in [0.1, 0.15) is 0 Å². The van der Waals surface area contributed by atoms with Gasteiger partial charge in [0.25, 0.3) is 5.69 Å².